The van der Waals surface area contributed by atoms with Crippen LogP contribution in [0.3, 0.4) is 0 Å². The van der Waals surface area contributed by atoms with E-state index in [9.17, 15) is 25.6 Å². The number of imidazole rings is 2. The number of anilines is 2. The van der Waals surface area contributed by atoms with Gasteiger partial charge in [0.15, 0.2) is 23.2 Å². The molecule has 0 saturated heterocycles. The lowest BCUT2D eigenvalue weighted by Gasteiger charge is -2.29. The minimum atomic E-state index is -4.16. The molecule has 8 heterocycles. The smallest absolute Gasteiger partial charge is 0.246 e. The number of hydrogen-bond donors (Lipinski definition) is 0. The third-order valence-corrected chi connectivity index (χ3v) is 22.8. The fraction of sp³-hybridized carbons (Fsp3) is 0.400. The van der Waals surface area contributed by atoms with E-state index in [4.69, 9.17) is 37.3 Å². The summed E-state index contributed by atoms with van der Waals surface area (Å²) >= 11 is 0. The van der Waals surface area contributed by atoms with E-state index in [0.29, 0.717) is 69.4 Å². The first-order chi connectivity index (χ1) is 43.8. The number of methoxy groups -OCH3 is 6. The van der Waals surface area contributed by atoms with E-state index >= 15 is 0 Å². The largest absolute Gasteiger partial charge is 0.494 e. The normalized spacial score (nSPS) is 12.9. The zero-order chi connectivity index (χ0) is 66.5. The zero-order valence-corrected chi connectivity index (χ0v) is 57.4. The molecule has 0 aliphatic carbocycles. The van der Waals surface area contributed by atoms with Crippen LogP contribution in [0.15, 0.2) is 107 Å². The Hall–Kier alpha value is -8.57. The second-order valence-corrected chi connectivity index (χ2v) is 39.7. The third-order valence-electron chi connectivity index (χ3n) is 15.1. The maximum atomic E-state index is 14.8. The molecule has 2 aromatic carbocycles. The number of para-hydroxylation sites is 2. The number of halogens is 2. The molecule has 92 heavy (non-hydrogen) atoms. The minimum Gasteiger partial charge on any atom is -0.494 e. The van der Waals surface area contributed by atoms with Gasteiger partial charge in [-0.2, -0.15) is 0 Å². The number of aromatic nitrogens is 12. The lowest BCUT2D eigenvalue weighted by Crippen LogP contribution is -2.42. The van der Waals surface area contributed by atoms with Gasteiger partial charge in [0.05, 0.1) is 87.9 Å². The molecule has 0 unspecified atom stereocenters. The van der Waals surface area contributed by atoms with E-state index in [1.807, 2.05) is 0 Å². The van der Waals surface area contributed by atoms with E-state index in [-0.39, 0.29) is 85.0 Å². The van der Waals surface area contributed by atoms with E-state index in [2.05, 4.69) is 79.6 Å². The molecule has 492 valence electrons. The Morgan fingerprint density at radius 1 is 0.522 bits per heavy atom. The molecule has 0 radical (unpaired) electrons. The van der Waals surface area contributed by atoms with Crippen LogP contribution in [0.1, 0.15) is 25.2 Å². The van der Waals surface area contributed by atoms with Crippen molar-refractivity contribution in [2.45, 2.75) is 102 Å². The molecule has 26 nitrogen and oxygen atoms in total. The van der Waals surface area contributed by atoms with Crippen molar-refractivity contribution in [3.05, 3.63) is 121 Å². The van der Waals surface area contributed by atoms with Crippen LogP contribution in [-0.2, 0) is 55.8 Å². The lowest BCUT2D eigenvalue weighted by molar-refractivity contribution is 0.134. The quantitative estimate of drug-likeness (QED) is 0.0412. The molecule has 10 aromatic rings. The van der Waals surface area contributed by atoms with Crippen molar-refractivity contribution in [1.29, 1.82) is 0 Å². The Morgan fingerprint density at radius 2 is 0.880 bits per heavy atom. The number of hydrogen-bond acceptors (Lipinski definition) is 20. The summed E-state index contributed by atoms with van der Waals surface area (Å²) in [7, 11) is -2.82. The first-order valence-corrected chi connectivity index (χ1v) is 39.6. The molecular weight excluding hydrogens is 1270 g/mol. The Labute approximate surface area is 534 Å². The molecule has 32 heteroatoms. The lowest BCUT2D eigenvalue weighted by atomic mass is 10.2. The van der Waals surface area contributed by atoms with E-state index in [1.165, 1.54) is 85.6 Å². The fourth-order valence-electron chi connectivity index (χ4n) is 10.2. The predicted molar refractivity (Wildman–Crippen MR) is 348 cm³/mol. The van der Waals surface area contributed by atoms with Crippen molar-refractivity contribution in [2.24, 2.45) is 0 Å². The van der Waals surface area contributed by atoms with Crippen molar-refractivity contribution < 1.29 is 62.9 Å². The second kappa shape index (κ2) is 28.1. The summed E-state index contributed by atoms with van der Waals surface area (Å²) in [6, 6.07) is 18.6. The van der Waals surface area contributed by atoms with Gasteiger partial charge in [-0.15, -0.1) is 20.4 Å². The van der Waals surface area contributed by atoms with Crippen LogP contribution in [0.4, 0.5) is 20.7 Å². The van der Waals surface area contributed by atoms with Gasteiger partial charge in [-0.3, -0.25) is 19.1 Å². The molecular formula is C60H76F2N14O12S2Si2. The van der Waals surface area contributed by atoms with Crippen LogP contribution in [0.25, 0.3) is 56.6 Å². The fourth-order valence-corrected chi connectivity index (χ4v) is 15.3. The van der Waals surface area contributed by atoms with E-state index in [1.54, 1.807) is 83.6 Å². The highest BCUT2D eigenvalue weighted by Crippen LogP contribution is 2.42. The highest BCUT2D eigenvalue weighted by Gasteiger charge is 2.40. The number of furan rings is 2. The Bertz CT molecular complexity index is 4080. The summed E-state index contributed by atoms with van der Waals surface area (Å²) in [5.74, 6) is 1.82. The molecule has 10 rings (SSSR count). The average Bonchev–Trinajstić information content (AvgIpc) is 1.52. The van der Waals surface area contributed by atoms with Crippen LogP contribution in [0.5, 0.6) is 23.0 Å². The monoisotopic (exact) mass is 1340 g/mol. The van der Waals surface area contributed by atoms with Crippen LogP contribution in [-0.4, -0.2) is 158 Å². The molecule has 2 atom stereocenters. The SMILES string of the molecule is COCn1cnc2c(C[C@@H](C)S(=O)(=O)N(CC[Si](C)(C)C)c3nnc(-c4ccco4)n3-c3c(OC)cccc3OC)ncc(F)c21.COCn1cnc2c(C[C@H](C)S(=O)(=O)N(CC[Si](C)(C)C)c3nnc(-c4ccco4)n3-c3c(OC)cccc3OC)ncc(F)c21. The summed E-state index contributed by atoms with van der Waals surface area (Å²) in [5, 5.41) is 15.7. The zero-order valence-electron chi connectivity index (χ0n) is 53.8. The number of fused-ring (bicyclic) bond motifs is 2. The average molecular weight is 1340 g/mol. The summed E-state index contributed by atoms with van der Waals surface area (Å²) in [5.41, 5.74) is 2.43. The van der Waals surface area contributed by atoms with Crippen molar-refractivity contribution in [2.75, 3.05) is 64.4 Å². The van der Waals surface area contributed by atoms with Gasteiger partial charge in [0.1, 0.15) is 69.9 Å². The summed E-state index contributed by atoms with van der Waals surface area (Å²) in [6.07, 6.45) is 7.97. The summed E-state index contributed by atoms with van der Waals surface area (Å²) < 4.78 is 142. The number of nitrogens with zero attached hydrogens (tertiary/aromatic N) is 14. The highest BCUT2D eigenvalue weighted by molar-refractivity contribution is 7.93. The van der Waals surface area contributed by atoms with E-state index < -0.39 is 58.3 Å². The molecule has 0 N–H and O–H groups in total. The van der Waals surface area contributed by atoms with Crippen LogP contribution < -0.4 is 27.6 Å². The molecule has 8 aromatic heterocycles. The molecule has 0 amide bonds. The van der Waals surface area contributed by atoms with Gasteiger partial charge in [0, 0.05) is 56.3 Å². The Kier molecular flexibility index (Phi) is 20.7. The number of benzene rings is 2. The third kappa shape index (κ3) is 14.1. The Morgan fingerprint density at radius 3 is 1.18 bits per heavy atom. The standard InChI is InChI=1S/2C30H38FN7O6SSi/c2*1-20(16-22-26-27(21(31)17-32-22)36(18-33-26)19-41-2)45(39,40)37(13-15-46(5,6)7)30-35-34-29(25-12-9-14-44-25)38(30)28-23(42-3)10-8-11-24(28)43-4/h2*8-12,14,17-18,20H,13,15-16,19H2,1-7H3/t2*20-/m10/s1. The summed E-state index contributed by atoms with van der Waals surface area (Å²) in [4.78, 5) is 17.2. The predicted octanol–water partition coefficient (Wildman–Crippen LogP) is 10.3. The number of sulfonamides is 2. The van der Waals surface area contributed by atoms with Gasteiger partial charge in [0.25, 0.3) is 0 Å². The number of pyridine rings is 2. The van der Waals surface area contributed by atoms with Gasteiger partial charge in [-0.05, 0) is 74.5 Å². The van der Waals surface area contributed by atoms with Crippen LogP contribution in [0.2, 0.25) is 51.4 Å². The van der Waals surface area contributed by atoms with E-state index in [0.717, 1.165) is 12.4 Å². The summed E-state index contributed by atoms with van der Waals surface area (Å²) in [6.45, 7) is 16.6. The van der Waals surface area contributed by atoms with Crippen LogP contribution in [0, 0.1) is 11.6 Å². The van der Waals surface area contributed by atoms with Crippen LogP contribution >= 0.6 is 0 Å². The Balaban J connectivity index is 0.000000217. The van der Waals surface area contributed by atoms with Gasteiger partial charge in [-0.1, -0.05) is 51.4 Å². The highest BCUT2D eigenvalue weighted by atomic mass is 32.2. The van der Waals surface area contributed by atoms with Crippen molar-refractivity contribution in [1.82, 2.24) is 58.6 Å². The molecule has 0 spiro atoms. The molecule has 0 aliphatic rings. The number of rotatable bonds is 28. The molecule has 0 fully saturated rings. The van der Waals surface area contributed by atoms with Gasteiger partial charge < -0.3 is 46.4 Å². The molecule has 0 aliphatic heterocycles. The topological polar surface area (TPSA) is 279 Å². The van der Waals surface area contributed by atoms with Crippen molar-refractivity contribution in [3.8, 4) is 57.5 Å². The maximum Gasteiger partial charge on any atom is 0.246 e. The van der Waals surface area contributed by atoms with Gasteiger partial charge in [0.2, 0.25) is 43.6 Å². The minimum absolute atomic E-state index is 0.0380. The first kappa shape index (κ1) is 67.8. The van der Waals surface area contributed by atoms with Gasteiger partial charge >= 0.3 is 0 Å². The maximum absolute atomic E-state index is 14.8. The van der Waals surface area contributed by atoms with Crippen molar-refractivity contribution in [3.63, 3.8) is 0 Å². The van der Waals surface area contributed by atoms with Gasteiger partial charge in [-0.25, -0.2) is 44.2 Å². The molecule has 0 bridgehead atoms. The first-order valence-electron chi connectivity index (χ1n) is 29.2. The number of ether oxygens (including phenoxy) is 6. The molecule has 0 saturated carbocycles. The second-order valence-electron chi connectivity index (χ2n) is 23.9. The van der Waals surface area contributed by atoms with Crippen molar-refractivity contribution >= 4 is 70.2 Å².